The van der Waals surface area contributed by atoms with Gasteiger partial charge in [0.25, 0.3) is 0 Å². The molecule has 2 aliphatic rings. The van der Waals surface area contributed by atoms with E-state index in [9.17, 15) is 4.79 Å². The number of benzene rings is 2. The molecule has 0 radical (unpaired) electrons. The first kappa shape index (κ1) is 17.9. The predicted molar refractivity (Wildman–Crippen MR) is 104 cm³/mol. The molecule has 27 heavy (non-hydrogen) atoms. The summed E-state index contributed by atoms with van der Waals surface area (Å²) in [7, 11) is 0. The van der Waals surface area contributed by atoms with Crippen molar-refractivity contribution in [1.29, 1.82) is 0 Å². The van der Waals surface area contributed by atoms with Crippen LogP contribution in [0.3, 0.4) is 0 Å². The first-order valence-electron chi connectivity index (χ1n) is 9.72. The summed E-state index contributed by atoms with van der Waals surface area (Å²) in [5.74, 6) is 1.77. The van der Waals surface area contributed by atoms with Gasteiger partial charge < -0.3 is 19.7 Å². The fourth-order valence-corrected chi connectivity index (χ4v) is 3.81. The van der Waals surface area contributed by atoms with Crippen molar-refractivity contribution in [3.05, 3.63) is 60.2 Å². The molecular weight excluding hydrogens is 340 g/mol. The number of hydrogen-bond donors (Lipinski definition) is 1. The van der Waals surface area contributed by atoms with E-state index in [4.69, 9.17) is 9.47 Å². The first-order valence-corrected chi connectivity index (χ1v) is 9.72. The Kier molecular flexibility index (Phi) is 5.58. The van der Waals surface area contributed by atoms with Gasteiger partial charge in [0, 0.05) is 19.0 Å². The second-order valence-corrected chi connectivity index (χ2v) is 7.19. The van der Waals surface area contributed by atoms with Gasteiger partial charge in [-0.3, -0.25) is 4.79 Å². The summed E-state index contributed by atoms with van der Waals surface area (Å²) in [5.41, 5.74) is 1.28. The van der Waals surface area contributed by atoms with E-state index in [1.54, 1.807) is 0 Å². The van der Waals surface area contributed by atoms with Crippen LogP contribution in [0, 0.1) is 0 Å². The van der Waals surface area contributed by atoms with Crippen molar-refractivity contribution in [2.75, 3.05) is 19.7 Å². The molecule has 0 aliphatic carbocycles. The number of nitrogens with zero attached hydrogens (tertiary/aromatic N) is 1. The summed E-state index contributed by atoms with van der Waals surface area (Å²) < 4.78 is 11.8. The van der Waals surface area contributed by atoms with Gasteiger partial charge in [0.1, 0.15) is 6.61 Å². The molecule has 0 spiro atoms. The van der Waals surface area contributed by atoms with Crippen molar-refractivity contribution < 1.29 is 14.3 Å². The van der Waals surface area contributed by atoms with Crippen molar-refractivity contribution in [1.82, 2.24) is 10.2 Å². The lowest BCUT2D eigenvalue weighted by atomic mass is 10.1. The molecule has 2 aromatic carbocycles. The van der Waals surface area contributed by atoms with Gasteiger partial charge >= 0.3 is 0 Å². The van der Waals surface area contributed by atoms with Gasteiger partial charge in [-0.2, -0.15) is 0 Å². The molecule has 0 aromatic heterocycles. The molecule has 2 aliphatic heterocycles. The minimum Gasteiger partial charge on any atom is -0.486 e. The van der Waals surface area contributed by atoms with Crippen LogP contribution in [0.5, 0.6) is 11.5 Å². The number of fused-ring (bicyclic) bond motifs is 1. The number of para-hydroxylation sites is 2. The summed E-state index contributed by atoms with van der Waals surface area (Å²) >= 11 is 0. The fraction of sp³-hybridized carbons (Fsp3) is 0.409. The number of carbonyl (C=O) groups excluding carboxylic acids is 1. The van der Waals surface area contributed by atoms with Crippen LogP contribution in [0.1, 0.15) is 24.8 Å². The number of amides is 1. The predicted octanol–water partition coefficient (Wildman–Crippen LogP) is 3.00. The van der Waals surface area contributed by atoms with E-state index >= 15 is 0 Å². The average molecular weight is 366 g/mol. The van der Waals surface area contributed by atoms with E-state index in [1.807, 2.05) is 35.2 Å². The van der Waals surface area contributed by atoms with Gasteiger partial charge in [0.2, 0.25) is 5.91 Å². The van der Waals surface area contributed by atoms with E-state index < -0.39 is 0 Å². The number of rotatable bonds is 7. The minimum atomic E-state index is -0.110. The highest BCUT2D eigenvalue weighted by molar-refractivity contribution is 5.78. The second-order valence-electron chi connectivity index (χ2n) is 7.19. The van der Waals surface area contributed by atoms with Gasteiger partial charge in [0.05, 0.1) is 6.54 Å². The lowest BCUT2D eigenvalue weighted by Gasteiger charge is -2.32. The maximum absolute atomic E-state index is 12.4. The zero-order chi connectivity index (χ0) is 18.5. The largest absolute Gasteiger partial charge is 0.486 e. The molecule has 5 nitrogen and oxygen atoms in total. The molecule has 142 valence electrons. The number of nitrogens with one attached hydrogen (secondary N) is 1. The van der Waals surface area contributed by atoms with Gasteiger partial charge in [-0.25, -0.2) is 0 Å². The van der Waals surface area contributed by atoms with E-state index in [0.717, 1.165) is 37.4 Å². The van der Waals surface area contributed by atoms with Crippen LogP contribution < -0.4 is 14.8 Å². The van der Waals surface area contributed by atoms with E-state index in [2.05, 4.69) is 29.6 Å². The van der Waals surface area contributed by atoms with Crippen LogP contribution in [0.25, 0.3) is 0 Å². The van der Waals surface area contributed by atoms with E-state index in [0.29, 0.717) is 19.6 Å². The molecule has 1 N–H and O–H groups in total. The maximum atomic E-state index is 12.4. The van der Waals surface area contributed by atoms with Crippen LogP contribution in [-0.2, 0) is 11.3 Å². The van der Waals surface area contributed by atoms with Crippen LogP contribution >= 0.6 is 0 Å². The number of ether oxygens (including phenoxy) is 2. The van der Waals surface area contributed by atoms with Crippen molar-refractivity contribution in [2.24, 2.45) is 0 Å². The molecule has 0 unspecified atom stereocenters. The summed E-state index contributed by atoms with van der Waals surface area (Å²) in [5, 5.41) is 3.49. The summed E-state index contributed by atoms with van der Waals surface area (Å²) in [4.78, 5) is 14.4. The highest BCUT2D eigenvalue weighted by Crippen LogP contribution is 2.32. The molecular formula is C22H26N2O3. The number of carbonyl (C=O) groups is 1. The SMILES string of the molecule is O=C1CC[C@@H](CCNCc2ccccc2)N1C[C@@H]1COc2ccccc2O1. The summed E-state index contributed by atoms with van der Waals surface area (Å²) in [6.45, 7) is 2.84. The normalized spacial score (nSPS) is 21.5. The van der Waals surface area contributed by atoms with Gasteiger partial charge in [-0.05, 0) is 37.1 Å². The Morgan fingerprint density at radius 2 is 1.81 bits per heavy atom. The number of likely N-dealkylation sites (tertiary alicyclic amines) is 1. The molecule has 1 amide bonds. The van der Waals surface area contributed by atoms with Crippen LogP contribution in [0.4, 0.5) is 0 Å². The zero-order valence-corrected chi connectivity index (χ0v) is 15.5. The maximum Gasteiger partial charge on any atom is 0.223 e. The lowest BCUT2D eigenvalue weighted by Crippen LogP contribution is -2.45. The third-order valence-electron chi connectivity index (χ3n) is 5.25. The molecule has 2 aromatic rings. The molecule has 2 heterocycles. The molecule has 5 heteroatoms. The van der Waals surface area contributed by atoms with E-state index in [-0.39, 0.29) is 18.1 Å². The highest BCUT2D eigenvalue weighted by atomic mass is 16.6. The Morgan fingerprint density at radius 1 is 1.04 bits per heavy atom. The monoisotopic (exact) mass is 366 g/mol. The van der Waals surface area contributed by atoms with Gasteiger partial charge in [-0.15, -0.1) is 0 Å². The number of hydrogen-bond acceptors (Lipinski definition) is 4. The standard InChI is InChI=1S/C22H26N2O3/c25-22-11-10-18(12-13-23-14-17-6-2-1-3-7-17)24(22)15-19-16-26-20-8-4-5-9-21(20)27-19/h1-9,18-19,23H,10-16H2/t18-,19+/m0/s1. The Hall–Kier alpha value is -2.53. The highest BCUT2D eigenvalue weighted by Gasteiger charge is 2.34. The van der Waals surface area contributed by atoms with Crippen molar-refractivity contribution in [2.45, 2.75) is 38.0 Å². The van der Waals surface area contributed by atoms with Crippen molar-refractivity contribution in [3.8, 4) is 11.5 Å². The Balaban J connectivity index is 1.27. The van der Waals surface area contributed by atoms with Crippen molar-refractivity contribution in [3.63, 3.8) is 0 Å². The van der Waals surface area contributed by atoms with Crippen LogP contribution in [0.15, 0.2) is 54.6 Å². The van der Waals surface area contributed by atoms with Crippen LogP contribution in [0.2, 0.25) is 0 Å². The summed E-state index contributed by atoms with van der Waals surface area (Å²) in [6.07, 6.45) is 2.41. The van der Waals surface area contributed by atoms with Crippen molar-refractivity contribution >= 4 is 5.91 Å². The van der Waals surface area contributed by atoms with Gasteiger partial charge in [0.15, 0.2) is 17.6 Å². The van der Waals surface area contributed by atoms with E-state index in [1.165, 1.54) is 5.56 Å². The van der Waals surface area contributed by atoms with Crippen LogP contribution in [-0.4, -0.2) is 42.6 Å². The molecule has 1 fully saturated rings. The average Bonchev–Trinajstić information content (AvgIpc) is 3.05. The molecule has 0 saturated carbocycles. The molecule has 4 rings (SSSR count). The Bertz CT molecular complexity index is 765. The minimum absolute atomic E-state index is 0.110. The van der Waals surface area contributed by atoms with Gasteiger partial charge in [-0.1, -0.05) is 42.5 Å². The molecule has 1 saturated heterocycles. The third-order valence-corrected chi connectivity index (χ3v) is 5.25. The molecule has 0 bridgehead atoms. The smallest absolute Gasteiger partial charge is 0.223 e. The first-order chi connectivity index (χ1) is 13.3. The molecule has 2 atom stereocenters. The Labute approximate surface area is 160 Å². The quantitative estimate of drug-likeness (QED) is 0.766. The second kappa shape index (κ2) is 8.44. The Morgan fingerprint density at radius 3 is 2.67 bits per heavy atom. The third kappa shape index (κ3) is 4.42. The summed E-state index contributed by atoms with van der Waals surface area (Å²) in [6, 6.07) is 18.4. The zero-order valence-electron chi connectivity index (χ0n) is 15.5. The fourth-order valence-electron chi connectivity index (χ4n) is 3.81. The topological polar surface area (TPSA) is 50.8 Å². The lowest BCUT2D eigenvalue weighted by molar-refractivity contribution is -0.130.